The quantitative estimate of drug-likeness (QED) is 0.360. The third-order valence-corrected chi connectivity index (χ3v) is 4.81. The number of rotatable bonds is 5. The van der Waals surface area contributed by atoms with Gasteiger partial charge in [-0.15, -0.1) is 0 Å². The number of carbonyl (C=O) groups excluding carboxylic acids is 2. The first-order valence-corrected chi connectivity index (χ1v) is 9.06. The standard InChI is InChI=1S/C22H19N3O4/c1-12-20(16-5-3-4-6-17(16)23-12)21(27)22(28)24-14-7-8-15-13(11-29-2)9-19(26)25-18(15)10-14/h3-10,23H,11H2,1-2H3,(H,24,28)(H,25,26). The van der Waals surface area contributed by atoms with Crippen LogP contribution in [0.2, 0.25) is 0 Å². The van der Waals surface area contributed by atoms with Crippen LogP contribution in [0, 0.1) is 6.92 Å². The zero-order valence-corrected chi connectivity index (χ0v) is 16.0. The number of anilines is 1. The SMILES string of the molecule is COCc1cc(=O)[nH]c2cc(NC(=O)C(=O)c3c(C)[nH]c4ccccc34)ccc12. The van der Waals surface area contributed by atoms with E-state index in [2.05, 4.69) is 15.3 Å². The highest BCUT2D eigenvalue weighted by atomic mass is 16.5. The van der Waals surface area contributed by atoms with Crippen LogP contribution >= 0.6 is 0 Å². The van der Waals surface area contributed by atoms with Crippen LogP contribution in [0.15, 0.2) is 53.3 Å². The summed E-state index contributed by atoms with van der Waals surface area (Å²) in [4.78, 5) is 43.2. The van der Waals surface area contributed by atoms with Crippen LogP contribution in [0.1, 0.15) is 21.6 Å². The number of nitrogens with one attached hydrogen (secondary N) is 3. The average molecular weight is 389 g/mol. The smallest absolute Gasteiger partial charge is 0.296 e. The van der Waals surface area contributed by atoms with Gasteiger partial charge in [-0.1, -0.05) is 24.3 Å². The molecule has 0 spiro atoms. The van der Waals surface area contributed by atoms with Crippen LogP contribution in [0.5, 0.6) is 0 Å². The molecule has 2 heterocycles. The second-order valence-corrected chi connectivity index (χ2v) is 6.81. The number of pyridine rings is 1. The summed E-state index contributed by atoms with van der Waals surface area (Å²) < 4.78 is 5.13. The van der Waals surface area contributed by atoms with Gasteiger partial charge in [0.25, 0.3) is 11.7 Å². The van der Waals surface area contributed by atoms with Gasteiger partial charge in [-0.3, -0.25) is 14.4 Å². The maximum absolute atomic E-state index is 12.8. The van der Waals surface area contributed by atoms with Crippen LogP contribution in [-0.2, 0) is 16.1 Å². The molecular formula is C22H19N3O4. The van der Waals surface area contributed by atoms with Crippen molar-refractivity contribution in [1.82, 2.24) is 9.97 Å². The highest BCUT2D eigenvalue weighted by molar-refractivity contribution is 6.48. The number of ether oxygens (including phenoxy) is 1. The lowest BCUT2D eigenvalue weighted by molar-refractivity contribution is -0.112. The van der Waals surface area contributed by atoms with E-state index in [1.54, 1.807) is 38.3 Å². The number of hydrogen-bond donors (Lipinski definition) is 3. The molecule has 0 atom stereocenters. The number of aromatic amines is 2. The summed E-state index contributed by atoms with van der Waals surface area (Å²) in [5, 5.41) is 4.14. The van der Waals surface area contributed by atoms with Gasteiger partial charge in [-0.05, 0) is 30.7 Å². The highest BCUT2D eigenvalue weighted by Crippen LogP contribution is 2.24. The summed E-state index contributed by atoms with van der Waals surface area (Å²) in [7, 11) is 1.56. The van der Waals surface area contributed by atoms with Gasteiger partial charge >= 0.3 is 0 Å². The number of amides is 1. The Bertz CT molecular complexity index is 1320. The van der Waals surface area contributed by atoms with Crippen molar-refractivity contribution in [3.8, 4) is 0 Å². The fraction of sp³-hybridized carbons (Fsp3) is 0.136. The molecule has 0 bridgehead atoms. The third kappa shape index (κ3) is 3.43. The largest absolute Gasteiger partial charge is 0.380 e. The number of H-pyrrole nitrogens is 2. The van der Waals surface area contributed by atoms with E-state index in [4.69, 9.17) is 4.74 Å². The van der Waals surface area contributed by atoms with Gasteiger partial charge in [0.2, 0.25) is 5.56 Å². The lowest BCUT2D eigenvalue weighted by Crippen LogP contribution is -2.23. The first kappa shape index (κ1) is 18.6. The van der Waals surface area contributed by atoms with Crippen molar-refractivity contribution in [3.05, 3.63) is 75.7 Å². The predicted molar refractivity (Wildman–Crippen MR) is 111 cm³/mol. The average Bonchev–Trinajstić information content (AvgIpc) is 3.02. The monoisotopic (exact) mass is 389 g/mol. The molecule has 0 aliphatic carbocycles. The number of hydrogen-bond acceptors (Lipinski definition) is 4. The van der Waals surface area contributed by atoms with Crippen molar-refractivity contribution >= 4 is 39.2 Å². The molecular weight excluding hydrogens is 370 g/mol. The summed E-state index contributed by atoms with van der Waals surface area (Å²) in [6, 6.07) is 13.9. The van der Waals surface area contributed by atoms with E-state index in [1.807, 2.05) is 18.2 Å². The van der Waals surface area contributed by atoms with Crippen molar-refractivity contribution in [2.75, 3.05) is 12.4 Å². The Labute approximate surface area is 165 Å². The second-order valence-electron chi connectivity index (χ2n) is 6.81. The Kier molecular flexibility index (Phi) is 4.74. The zero-order valence-electron chi connectivity index (χ0n) is 16.0. The fourth-order valence-electron chi connectivity index (χ4n) is 3.56. The Morgan fingerprint density at radius 1 is 1.00 bits per heavy atom. The van der Waals surface area contributed by atoms with Crippen LogP contribution in [0.25, 0.3) is 21.8 Å². The zero-order chi connectivity index (χ0) is 20.5. The van der Waals surface area contributed by atoms with Crippen molar-refractivity contribution in [2.24, 2.45) is 0 Å². The van der Waals surface area contributed by atoms with E-state index in [0.717, 1.165) is 16.5 Å². The highest BCUT2D eigenvalue weighted by Gasteiger charge is 2.22. The number of aromatic nitrogens is 2. The van der Waals surface area contributed by atoms with Crippen molar-refractivity contribution in [3.63, 3.8) is 0 Å². The summed E-state index contributed by atoms with van der Waals surface area (Å²) in [5.41, 5.74) is 3.24. The molecule has 4 rings (SSSR count). The molecule has 2 aromatic heterocycles. The lowest BCUT2D eigenvalue weighted by Gasteiger charge is -2.09. The third-order valence-electron chi connectivity index (χ3n) is 4.81. The van der Waals surface area contributed by atoms with Crippen LogP contribution in [0.4, 0.5) is 5.69 Å². The molecule has 0 unspecified atom stereocenters. The maximum atomic E-state index is 12.8. The predicted octanol–water partition coefficient (Wildman–Crippen LogP) is 3.29. The van der Waals surface area contributed by atoms with E-state index < -0.39 is 11.7 Å². The number of benzene rings is 2. The van der Waals surface area contributed by atoms with E-state index in [1.165, 1.54) is 6.07 Å². The minimum atomic E-state index is -0.743. The summed E-state index contributed by atoms with van der Waals surface area (Å²) in [6.07, 6.45) is 0. The molecule has 0 saturated heterocycles. The molecule has 1 amide bonds. The molecule has 146 valence electrons. The number of Topliss-reactive ketones (excluding diaryl/α,β-unsaturated/α-hetero) is 1. The molecule has 2 aromatic carbocycles. The summed E-state index contributed by atoms with van der Waals surface area (Å²) in [5.74, 6) is -1.37. The van der Waals surface area contributed by atoms with E-state index in [0.29, 0.717) is 34.5 Å². The molecule has 0 fully saturated rings. The van der Waals surface area contributed by atoms with Crippen LogP contribution in [0.3, 0.4) is 0 Å². The lowest BCUT2D eigenvalue weighted by atomic mass is 10.1. The van der Waals surface area contributed by atoms with Gasteiger partial charge in [-0.25, -0.2) is 0 Å². The number of aryl methyl sites for hydroxylation is 1. The van der Waals surface area contributed by atoms with Gasteiger partial charge in [0, 0.05) is 40.8 Å². The Morgan fingerprint density at radius 2 is 1.79 bits per heavy atom. The number of ketones is 1. The summed E-state index contributed by atoms with van der Waals surface area (Å²) >= 11 is 0. The van der Waals surface area contributed by atoms with E-state index in [-0.39, 0.29) is 5.56 Å². The first-order valence-electron chi connectivity index (χ1n) is 9.06. The van der Waals surface area contributed by atoms with E-state index in [9.17, 15) is 14.4 Å². The van der Waals surface area contributed by atoms with Crippen LogP contribution in [-0.4, -0.2) is 28.8 Å². The second kappa shape index (κ2) is 7.37. The Balaban J connectivity index is 1.65. The Hall–Kier alpha value is -3.71. The van der Waals surface area contributed by atoms with Gasteiger partial charge < -0.3 is 20.0 Å². The van der Waals surface area contributed by atoms with Crippen LogP contribution < -0.4 is 10.9 Å². The van der Waals surface area contributed by atoms with Gasteiger partial charge in [-0.2, -0.15) is 0 Å². The molecule has 0 radical (unpaired) electrons. The topological polar surface area (TPSA) is 104 Å². The molecule has 0 aliphatic heterocycles. The van der Waals surface area contributed by atoms with Crippen molar-refractivity contribution in [2.45, 2.75) is 13.5 Å². The number of carbonyl (C=O) groups is 2. The number of fused-ring (bicyclic) bond motifs is 2. The molecule has 0 aliphatic rings. The van der Waals surface area contributed by atoms with E-state index >= 15 is 0 Å². The number of methoxy groups -OCH3 is 1. The minimum Gasteiger partial charge on any atom is -0.380 e. The minimum absolute atomic E-state index is 0.265. The Morgan fingerprint density at radius 3 is 2.59 bits per heavy atom. The molecule has 29 heavy (non-hydrogen) atoms. The molecule has 7 heteroatoms. The first-order chi connectivity index (χ1) is 14.0. The van der Waals surface area contributed by atoms with Gasteiger partial charge in [0.15, 0.2) is 0 Å². The fourth-order valence-corrected chi connectivity index (χ4v) is 3.56. The summed E-state index contributed by atoms with van der Waals surface area (Å²) in [6.45, 7) is 2.06. The van der Waals surface area contributed by atoms with Gasteiger partial charge in [0.1, 0.15) is 0 Å². The maximum Gasteiger partial charge on any atom is 0.296 e. The molecule has 3 N–H and O–H groups in total. The van der Waals surface area contributed by atoms with Crippen molar-refractivity contribution < 1.29 is 14.3 Å². The molecule has 7 nitrogen and oxygen atoms in total. The van der Waals surface area contributed by atoms with Gasteiger partial charge in [0.05, 0.1) is 17.7 Å². The van der Waals surface area contributed by atoms with Crippen molar-refractivity contribution in [1.29, 1.82) is 0 Å². The number of para-hydroxylation sites is 1. The normalized spacial score (nSPS) is 11.1. The molecule has 4 aromatic rings. The molecule has 0 saturated carbocycles.